The van der Waals surface area contributed by atoms with Crippen LogP contribution in [0.5, 0.6) is 0 Å². The van der Waals surface area contributed by atoms with Crippen molar-refractivity contribution in [1.29, 1.82) is 0 Å². The number of benzene rings is 2. The van der Waals surface area contributed by atoms with Gasteiger partial charge in [-0.3, -0.25) is 0 Å². The highest BCUT2D eigenvalue weighted by Crippen LogP contribution is 2.44. The van der Waals surface area contributed by atoms with E-state index >= 15 is 0 Å². The van der Waals surface area contributed by atoms with E-state index in [-0.39, 0.29) is 0 Å². The SMILES string of the molecule is ClC(C1=CCCCC=C1)(c1ccccc1)c1ccccc1. The van der Waals surface area contributed by atoms with Crippen LogP contribution in [0.3, 0.4) is 0 Å². The first-order valence-corrected chi connectivity index (χ1v) is 7.87. The van der Waals surface area contributed by atoms with Crippen molar-refractivity contribution in [3.8, 4) is 0 Å². The fraction of sp³-hybridized carbons (Fsp3) is 0.200. The third-order valence-corrected chi connectivity index (χ3v) is 4.63. The van der Waals surface area contributed by atoms with E-state index in [0.717, 1.165) is 24.0 Å². The van der Waals surface area contributed by atoms with Gasteiger partial charge in [0.1, 0.15) is 4.87 Å². The summed E-state index contributed by atoms with van der Waals surface area (Å²) >= 11 is 7.22. The molecule has 2 aromatic carbocycles. The molecule has 0 atom stereocenters. The maximum atomic E-state index is 7.22. The van der Waals surface area contributed by atoms with Crippen LogP contribution < -0.4 is 0 Å². The van der Waals surface area contributed by atoms with Crippen molar-refractivity contribution in [2.24, 2.45) is 0 Å². The Kier molecular flexibility index (Phi) is 4.26. The van der Waals surface area contributed by atoms with Crippen LogP contribution in [-0.2, 0) is 4.87 Å². The van der Waals surface area contributed by atoms with Crippen molar-refractivity contribution >= 4 is 11.6 Å². The molecule has 21 heavy (non-hydrogen) atoms. The Bertz CT molecular complexity index is 599. The lowest BCUT2D eigenvalue weighted by Crippen LogP contribution is -2.22. The van der Waals surface area contributed by atoms with E-state index in [1.54, 1.807) is 0 Å². The van der Waals surface area contributed by atoms with Crippen molar-refractivity contribution < 1.29 is 0 Å². The minimum atomic E-state index is -0.608. The monoisotopic (exact) mass is 294 g/mol. The maximum absolute atomic E-state index is 7.22. The molecule has 1 aliphatic rings. The molecule has 0 bridgehead atoms. The van der Waals surface area contributed by atoms with Gasteiger partial charge >= 0.3 is 0 Å². The maximum Gasteiger partial charge on any atom is 0.119 e. The molecule has 1 aliphatic carbocycles. The smallest absolute Gasteiger partial charge is 0.104 e. The summed E-state index contributed by atoms with van der Waals surface area (Å²) in [6, 6.07) is 20.7. The van der Waals surface area contributed by atoms with Gasteiger partial charge in [-0.2, -0.15) is 0 Å². The molecular formula is C20H19Cl. The van der Waals surface area contributed by atoms with Crippen molar-refractivity contribution in [2.75, 3.05) is 0 Å². The summed E-state index contributed by atoms with van der Waals surface area (Å²) < 4.78 is 0. The fourth-order valence-electron chi connectivity index (χ4n) is 2.86. The molecule has 0 fully saturated rings. The molecule has 0 spiro atoms. The summed E-state index contributed by atoms with van der Waals surface area (Å²) in [6.07, 6.45) is 10.1. The van der Waals surface area contributed by atoms with Crippen LogP contribution >= 0.6 is 11.6 Å². The quantitative estimate of drug-likeness (QED) is 0.624. The van der Waals surface area contributed by atoms with Crippen molar-refractivity contribution in [2.45, 2.75) is 24.1 Å². The first-order chi connectivity index (χ1) is 10.3. The molecule has 0 heterocycles. The average molecular weight is 295 g/mol. The first-order valence-electron chi connectivity index (χ1n) is 7.49. The van der Waals surface area contributed by atoms with Crippen LogP contribution in [0.25, 0.3) is 0 Å². The highest BCUT2D eigenvalue weighted by Gasteiger charge is 2.34. The van der Waals surface area contributed by atoms with E-state index in [2.05, 4.69) is 66.8 Å². The molecule has 0 saturated carbocycles. The largest absolute Gasteiger partial charge is 0.119 e. The van der Waals surface area contributed by atoms with E-state index in [1.165, 1.54) is 12.0 Å². The molecule has 0 aliphatic heterocycles. The lowest BCUT2D eigenvalue weighted by molar-refractivity contribution is 0.849. The molecular weight excluding hydrogens is 276 g/mol. The molecule has 3 rings (SSSR count). The average Bonchev–Trinajstić information content (AvgIpc) is 2.85. The second kappa shape index (κ2) is 6.32. The van der Waals surface area contributed by atoms with E-state index < -0.39 is 4.87 Å². The lowest BCUT2D eigenvalue weighted by Gasteiger charge is -2.30. The minimum Gasteiger partial charge on any atom is -0.104 e. The number of hydrogen-bond donors (Lipinski definition) is 0. The zero-order valence-corrected chi connectivity index (χ0v) is 12.8. The van der Waals surface area contributed by atoms with Crippen LogP contribution in [-0.4, -0.2) is 0 Å². The molecule has 0 unspecified atom stereocenters. The van der Waals surface area contributed by atoms with Crippen molar-refractivity contribution in [1.82, 2.24) is 0 Å². The van der Waals surface area contributed by atoms with Crippen LogP contribution in [0, 0.1) is 0 Å². The Morgan fingerprint density at radius 2 is 1.33 bits per heavy atom. The van der Waals surface area contributed by atoms with Gasteiger partial charge in [0.05, 0.1) is 0 Å². The van der Waals surface area contributed by atoms with Gasteiger partial charge in [-0.25, -0.2) is 0 Å². The highest BCUT2D eigenvalue weighted by atomic mass is 35.5. The normalized spacial score (nSPS) is 15.4. The van der Waals surface area contributed by atoms with Crippen LogP contribution in [0.4, 0.5) is 0 Å². The van der Waals surface area contributed by atoms with Gasteiger partial charge in [-0.05, 0) is 36.0 Å². The number of allylic oxidation sites excluding steroid dienone is 4. The summed E-state index contributed by atoms with van der Waals surface area (Å²) in [5.74, 6) is 0. The number of rotatable bonds is 3. The van der Waals surface area contributed by atoms with Gasteiger partial charge in [0.25, 0.3) is 0 Å². The summed E-state index contributed by atoms with van der Waals surface area (Å²) in [4.78, 5) is -0.608. The third kappa shape index (κ3) is 2.82. The van der Waals surface area contributed by atoms with Gasteiger partial charge in [0.15, 0.2) is 0 Å². The van der Waals surface area contributed by atoms with Gasteiger partial charge in [0, 0.05) is 0 Å². The van der Waals surface area contributed by atoms with Crippen LogP contribution in [0.15, 0.2) is 84.5 Å². The number of alkyl halides is 1. The zero-order valence-electron chi connectivity index (χ0n) is 12.0. The van der Waals surface area contributed by atoms with E-state index in [0.29, 0.717) is 0 Å². The Hall–Kier alpha value is -1.79. The van der Waals surface area contributed by atoms with Gasteiger partial charge in [0.2, 0.25) is 0 Å². The molecule has 0 N–H and O–H groups in total. The molecule has 1 heteroatoms. The summed E-state index contributed by atoms with van der Waals surface area (Å²) in [7, 11) is 0. The minimum absolute atomic E-state index is 0.608. The molecule has 0 amide bonds. The van der Waals surface area contributed by atoms with Gasteiger partial charge < -0.3 is 0 Å². The third-order valence-electron chi connectivity index (χ3n) is 3.98. The Morgan fingerprint density at radius 3 is 1.90 bits per heavy atom. The van der Waals surface area contributed by atoms with Crippen LogP contribution in [0.2, 0.25) is 0 Å². The molecule has 0 aromatic heterocycles. The molecule has 0 nitrogen and oxygen atoms in total. The summed E-state index contributed by atoms with van der Waals surface area (Å²) in [5, 5.41) is 0. The predicted molar refractivity (Wildman–Crippen MR) is 90.6 cm³/mol. The van der Waals surface area contributed by atoms with E-state index in [1.807, 2.05) is 12.1 Å². The number of halogens is 1. The summed E-state index contributed by atoms with van der Waals surface area (Å²) in [6.45, 7) is 0. The van der Waals surface area contributed by atoms with Crippen LogP contribution in [0.1, 0.15) is 30.4 Å². The Balaban J connectivity index is 2.18. The lowest BCUT2D eigenvalue weighted by atomic mass is 9.83. The van der Waals surface area contributed by atoms with Gasteiger partial charge in [-0.1, -0.05) is 78.9 Å². The predicted octanol–water partition coefficient (Wildman–Crippen LogP) is 5.84. The topological polar surface area (TPSA) is 0 Å². The fourth-order valence-corrected chi connectivity index (χ4v) is 3.25. The Labute approximate surface area is 131 Å². The number of hydrogen-bond acceptors (Lipinski definition) is 0. The molecule has 2 aromatic rings. The summed E-state index contributed by atoms with van der Waals surface area (Å²) in [5.41, 5.74) is 3.42. The van der Waals surface area contributed by atoms with Crippen molar-refractivity contribution in [3.05, 3.63) is 95.6 Å². The van der Waals surface area contributed by atoms with E-state index in [4.69, 9.17) is 11.6 Å². The standard InChI is InChI=1S/C20H19Cl/c21-20(18-13-7-3-8-14-18,19-15-9-4-10-16-19)17-11-5-1-2-6-12-17/h3-5,7-16H,1-2,6H2. The van der Waals surface area contributed by atoms with Gasteiger partial charge in [-0.15, -0.1) is 11.6 Å². The highest BCUT2D eigenvalue weighted by molar-refractivity contribution is 6.28. The second-order valence-electron chi connectivity index (χ2n) is 5.38. The second-order valence-corrected chi connectivity index (χ2v) is 5.95. The van der Waals surface area contributed by atoms with Crippen molar-refractivity contribution in [3.63, 3.8) is 0 Å². The molecule has 106 valence electrons. The van der Waals surface area contributed by atoms with E-state index in [9.17, 15) is 0 Å². The molecule has 0 saturated heterocycles. The molecule has 0 radical (unpaired) electrons. The Morgan fingerprint density at radius 1 is 0.762 bits per heavy atom. The zero-order chi connectivity index (χ0) is 14.5. The first kappa shape index (κ1) is 14.2.